The fourth-order valence-corrected chi connectivity index (χ4v) is 2.62. The van der Waals surface area contributed by atoms with Crippen molar-refractivity contribution >= 4 is 17.5 Å². The Labute approximate surface area is 107 Å². The van der Waals surface area contributed by atoms with E-state index in [0.717, 1.165) is 4.90 Å². The van der Waals surface area contributed by atoms with Crippen molar-refractivity contribution in [2.45, 2.75) is 30.0 Å². The van der Waals surface area contributed by atoms with Gasteiger partial charge in [-0.3, -0.25) is 4.79 Å². The third-order valence-electron chi connectivity index (χ3n) is 2.52. The van der Waals surface area contributed by atoms with Crippen LogP contribution >= 0.6 is 11.8 Å². The number of ketones is 1. The van der Waals surface area contributed by atoms with Crippen molar-refractivity contribution in [1.29, 1.82) is 0 Å². The first kappa shape index (κ1) is 13.3. The number of rotatable bonds is 3. The molecule has 2 nitrogen and oxygen atoms in total. The number of hydrogen-bond donors (Lipinski definition) is 0. The fraction of sp³-hybridized carbons (Fsp3) is 0.417. The van der Waals surface area contributed by atoms with Gasteiger partial charge < -0.3 is 4.74 Å². The lowest BCUT2D eigenvalue weighted by Crippen LogP contribution is -2.32. The predicted octanol–water partition coefficient (Wildman–Crippen LogP) is 3.45. The number of alkyl halides is 3. The highest BCUT2D eigenvalue weighted by Crippen LogP contribution is 2.35. The Morgan fingerprint density at radius 3 is 2.83 bits per heavy atom. The molecule has 1 aromatic carbocycles. The zero-order valence-corrected chi connectivity index (χ0v) is 10.2. The van der Waals surface area contributed by atoms with Crippen LogP contribution in [0.15, 0.2) is 29.2 Å². The fourth-order valence-electron chi connectivity index (χ4n) is 1.60. The van der Waals surface area contributed by atoms with Crippen LogP contribution in [0.3, 0.4) is 0 Å². The molecular formula is C12H11F3O2S. The number of Topliss-reactive ketones (excluding diaryl/α,β-unsaturated/α-hetero) is 1. The zero-order chi connectivity index (χ0) is 13.2. The summed E-state index contributed by atoms with van der Waals surface area (Å²) in [5.41, 5.74) is 0. The molecule has 1 aromatic rings. The van der Waals surface area contributed by atoms with Gasteiger partial charge >= 0.3 is 6.18 Å². The summed E-state index contributed by atoms with van der Waals surface area (Å²) < 4.78 is 41.5. The normalized spacial score (nSPS) is 18.9. The van der Waals surface area contributed by atoms with E-state index in [2.05, 4.69) is 0 Å². The van der Waals surface area contributed by atoms with Gasteiger partial charge in [0.25, 0.3) is 0 Å². The molecule has 0 amide bonds. The molecule has 1 unspecified atom stereocenters. The van der Waals surface area contributed by atoms with Crippen molar-refractivity contribution < 1.29 is 22.7 Å². The van der Waals surface area contributed by atoms with Crippen molar-refractivity contribution in [3.05, 3.63) is 24.3 Å². The highest BCUT2D eigenvalue weighted by molar-refractivity contribution is 7.99. The maximum atomic E-state index is 12.0. The molecule has 2 rings (SSSR count). The van der Waals surface area contributed by atoms with Crippen molar-refractivity contribution in [1.82, 2.24) is 0 Å². The third kappa shape index (κ3) is 3.41. The van der Waals surface area contributed by atoms with Gasteiger partial charge in [-0.15, -0.1) is 11.8 Å². The topological polar surface area (TPSA) is 26.3 Å². The first-order valence-electron chi connectivity index (χ1n) is 5.44. The van der Waals surface area contributed by atoms with E-state index < -0.39 is 30.9 Å². The van der Waals surface area contributed by atoms with Crippen molar-refractivity contribution in [3.63, 3.8) is 0 Å². The van der Waals surface area contributed by atoms with E-state index in [1.54, 1.807) is 12.1 Å². The maximum Gasteiger partial charge on any atom is 0.389 e. The molecule has 0 saturated carbocycles. The quantitative estimate of drug-likeness (QED) is 0.845. The van der Waals surface area contributed by atoms with Crippen molar-refractivity contribution in [2.24, 2.45) is 0 Å². The Bertz CT molecular complexity index is 445. The molecule has 0 saturated heterocycles. The smallest absolute Gasteiger partial charge is 0.389 e. The number of thioether (sulfide) groups is 1. The van der Waals surface area contributed by atoms with Crippen LogP contribution in [0.2, 0.25) is 0 Å². The minimum absolute atomic E-state index is 0.369. The summed E-state index contributed by atoms with van der Waals surface area (Å²) in [5, 5.41) is 0. The lowest BCUT2D eigenvalue weighted by atomic mass is 10.1. The van der Waals surface area contributed by atoms with Crippen molar-refractivity contribution in [2.75, 3.05) is 5.75 Å². The number of fused-ring (bicyclic) bond motifs is 1. The first-order valence-corrected chi connectivity index (χ1v) is 6.42. The molecule has 0 spiro atoms. The van der Waals surface area contributed by atoms with E-state index in [9.17, 15) is 18.0 Å². The molecule has 0 N–H and O–H groups in total. The Kier molecular flexibility index (Phi) is 3.85. The summed E-state index contributed by atoms with van der Waals surface area (Å²) in [7, 11) is 0. The van der Waals surface area contributed by atoms with Gasteiger partial charge in [-0.25, -0.2) is 0 Å². The Balaban J connectivity index is 1.95. The molecule has 1 aliphatic heterocycles. The molecule has 0 fully saturated rings. The highest BCUT2D eigenvalue weighted by Gasteiger charge is 2.32. The van der Waals surface area contributed by atoms with Gasteiger partial charge in [-0.05, 0) is 12.1 Å². The summed E-state index contributed by atoms with van der Waals surface area (Å²) in [4.78, 5) is 12.5. The Morgan fingerprint density at radius 2 is 2.11 bits per heavy atom. The second kappa shape index (κ2) is 5.22. The zero-order valence-electron chi connectivity index (χ0n) is 9.37. The van der Waals surface area contributed by atoms with E-state index in [4.69, 9.17) is 4.74 Å². The van der Waals surface area contributed by atoms with E-state index in [0.29, 0.717) is 11.5 Å². The average Bonchev–Trinajstić information content (AvgIpc) is 2.34. The van der Waals surface area contributed by atoms with Gasteiger partial charge in [0.1, 0.15) is 5.75 Å². The van der Waals surface area contributed by atoms with Crippen molar-refractivity contribution in [3.8, 4) is 5.75 Å². The SMILES string of the molecule is O=C(CCC(F)(F)F)C1CSc2ccccc2O1. The van der Waals surface area contributed by atoms with Crippen LogP contribution in [0, 0.1) is 0 Å². The van der Waals surface area contributed by atoms with Gasteiger partial charge in [0.2, 0.25) is 0 Å². The van der Waals surface area contributed by atoms with Gasteiger partial charge in [0, 0.05) is 17.1 Å². The van der Waals surface area contributed by atoms with Crippen LogP contribution in [-0.2, 0) is 4.79 Å². The molecule has 1 aliphatic rings. The van der Waals surface area contributed by atoms with Gasteiger partial charge in [-0.1, -0.05) is 12.1 Å². The number of ether oxygens (including phenoxy) is 1. The highest BCUT2D eigenvalue weighted by atomic mass is 32.2. The second-order valence-electron chi connectivity index (χ2n) is 3.95. The largest absolute Gasteiger partial charge is 0.481 e. The standard InChI is InChI=1S/C12H11F3O2S/c13-12(14,15)6-5-8(16)10-7-18-11-4-2-1-3-9(11)17-10/h1-4,10H,5-7H2. The van der Waals surface area contributed by atoms with Gasteiger partial charge in [-0.2, -0.15) is 13.2 Å². The van der Waals surface area contributed by atoms with E-state index in [1.807, 2.05) is 12.1 Å². The Hall–Kier alpha value is -1.17. The van der Waals surface area contributed by atoms with E-state index >= 15 is 0 Å². The van der Waals surface area contributed by atoms with Gasteiger partial charge in [0.15, 0.2) is 11.9 Å². The van der Waals surface area contributed by atoms with Crippen LogP contribution in [0.1, 0.15) is 12.8 Å². The van der Waals surface area contributed by atoms with Crippen LogP contribution in [0.5, 0.6) is 5.75 Å². The second-order valence-corrected chi connectivity index (χ2v) is 5.01. The summed E-state index contributed by atoms with van der Waals surface area (Å²) in [6, 6.07) is 7.19. The van der Waals surface area contributed by atoms with Crippen LogP contribution in [0.4, 0.5) is 13.2 Å². The minimum Gasteiger partial charge on any atom is -0.481 e. The van der Waals surface area contributed by atoms with Crippen LogP contribution in [-0.4, -0.2) is 23.8 Å². The lowest BCUT2D eigenvalue weighted by Gasteiger charge is -2.24. The lowest BCUT2D eigenvalue weighted by molar-refractivity contribution is -0.145. The Morgan fingerprint density at radius 1 is 1.39 bits per heavy atom. The molecule has 0 radical (unpaired) electrons. The molecule has 0 aliphatic carbocycles. The number of para-hydroxylation sites is 1. The van der Waals surface area contributed by atoms with E-state index in [-0.39, 0.29) is 0 Å². The van der Waals surface area contributed by atoms with Gasteiger partial charge in [0.05, 0.1) is 6.42 Å². The molecule has 1 heterocycles. The molecule has 98 valence electrons. The number of carbonyl (C=O) groups is 1. The summed E-state index contributed by atoms with van der Waals surface area (Å²) >= 11 is 1.43. The average molecular weight is 276 g/mol. The third-order valence-corrected chi connectivity index (χ3v) is 3.64. The molecule has 6 heteroatoms. The molecule has 0 bridgehead atoms. The predicted molar refractivity (Wildman–Crippen MR) is 61.9 cm³/mol. The maximum absolute atomic E-state index is 12.0. The molecular weight excluding hydrogens is 265 g/mol. The summed E-state index contributed by atoms with van der Waals surface area (Å²) in [6.45, 7) is 0. The minimum atomic E-state index is -4.30. The van der Waals surface area contributed by atoms with Crippen LogP contribution < -0.4 is 4.74 Å². The molecule has 18 heavy (non-hydrogen) atoms. The molecule has 0 aromatic heterocycles. The number of benzene rings is 1. The summed E-state index contributed by atoms with van der Waals surface area (Å²) in [6.07, 6.45) is -6.67. The van der Waals surface area contributed by atoms with E-state index in [1.165, 1.54) is 11.8 Å². The molecule has 1 atom stereocenters. The number of carbonyl (C=O) groups excluding carboxylic acids is 1. The monoisotopic (exact) mass is 276 g/mol. The van der Waals surface area contributed by atoms with Crippen LogP contribution in [0.25, 0.3) is 0 Å². The first-order chi connectivity index (χ1) is 8.46. The number of halogens is 3. The summed E-state index contributed by atoms with van der Waals surface area (Å²) in [5.74, 6) is 0.446. The number of hydrogen-bond acceptors (Lipinski definition) is 3.